The molecule has 16 heavy (non-hydrogen) atoms. The maximum atomic E-state index is 13.8. The number of anilines is 2. The average molecular weight is 240 g/mol. The Morgan fingerprint density at radius 1 is 1.44 bits per heavy atom. The average Bonchev–Trinajstić information content (AvgIpc) is 2.15. The first-order valence-electron chi connectivity index (χ1n) is 5.42. The van der Waals surface area contributed by atoms with Crippen molar-refractivity contribution in [2.45, 2.75) is 18.6 Å². The second kappa shape index (κ2) is 4.17. The second-order valence-corrected chi connectivity index (χ2v) is 6.54. The molecule has 2 N–H and O–H groups in total. The highest BCUT2D eigenvalue weighted by Crippen LogP contribution is 2.33. The van der Waals surface area contributed by atoms with Gasteiger partial charge in [-0.1, -0.05) is 0 Å². The summed E-state index contributed by atoms with van der Waals surface area (Å²) in [6.45, 7) is 6.16. The van der Waals surface area contributed by atoms with Crippen molar-refractivity contribution in [2.75, 3.05) is 29.5 Å². The highest BCUT2D eigenvalue weighted by molar-refractivity contribution is 8.00. The summed E-state index contributed by atoms with van der Waals surface area (Å²) in [5, 5.41) is 0. The standard InChI is InChI=1S/C12H17FN2S/c1-12(2)8-15(5-6-16-12)11-4-3-9(14)7-10(11)13/h3-4,7H,5-6,8,14H2,1-2H3. The van der Waals surface area contributed by atoms with Crippen LogP contribution >= 0.6 is 11.8 Å². The van der Waals surface area contributed by atoms with Gasteiger partial charge in [-0.25, -0.2) is 4.39 Å². The van der Waals surface area contributed by atoms with Crippen LogP contribution in [-0.4, -0.2) is 23.6 Å². The normalized spacial score (nSPS) is 19.8. The summed E-state index contributed by atoms with van der Waals surface area (Å²) in [6, 6.07) is 4.92. The van der Waals surface area contributed by atoms with E-state index in [0.717, 1.165) is 18.8 Å². The summed E-state index contributed by atoms with van der Waals surface area (Å²) in [6.07, 6.45) is 0. The van der Waals surface area contributed by atoms with Gasteiger partial charge in [0.05, 0.1) is 5.69 Å². The van der Waals surface area contributed by atoms with E-state index in [1.807, 2.05) is 11.8 Å². The smallest absolute Gasteiger partial charge is 0.148 e. The molecule has 1 saturated heterocycles. The molecular formula is C12H17FN2S. The number of hydrogen-bond acceptors (Lipinski definition) is 3. The first-order valence-corrected chi connectivity index (χ1v) is 6.40. The van der Waals surface area contributed by atoms with Crippen molar-refractivity contribution < 1.29 is 4.39 Å². The van der Waals surface area contributed by atoms with Crippen molar-refractivity contribution in [3.63, 3.8) is 0 Å². The largest absolute Gasteiger partial charge is 0.399 e. The third-order valence-electron chi connectivity index (χ3n) is 2.74. The number of rotatable bonds is 1. The van der Waals surface area contributed by atoms with E-state index < -0.39 is 0 Å². The first kappa shape index (κ1) is 11.6. The number of nitrogens with zero attached hydrogens (tertiary/aromatic N) is 1. The van der Waals surface area contributed by atoms with Gasteiger partial charge in [0.15, 0.2) is 0 Å². The van der Waals surface area contributed by atoms with Crippen LogP contribution in [0.15, 0.2) is 18.2 Å². The van der Waals surface area contributed by atoms with Crippen LogP contribution in [0.5, 0.6) is 0 Å². The molecule has 0 bridgehead atoms. The third-order valence-corrected chi connectivity index (χ3v) is 4.04. The molecule has 4 heteroatoms. The van der Waals surface area contributed by atoms with Crippen LogP contribution in [0.1, 0.15) is 13.8 Å². The molecule has 0 amide bonds. The number of nitrogen functional groups attached to an aromatic ring is 1. The van der Waals surface area contributed by atoms with Gasteiger partial charge in [-0.05, 0) is 32.0 Å². The third kappa shape index (κ3) is 2.43. The molecule has 0 atom stereocenters. The van der Waals surface area contributed by atoms with Crippen LogP contribution in [0, 0.1) is 5.82 Å². The number of benzene rings is 1. The molecule has 88 valence electrons. The zero-order valence-corrected chi connectivity index (χ0v) is 10.5. The van der Waals surface area contributed by atoms with E-state index >= 15 is 0 Å². The van der Waals surface area contributed by atoms with Gasteiger partial charge < -0.3 is 10.6 Å². The van der Waals surface area contributed by atoms with Gasteiger partial charge >= 0.3 is 0 Å². The Hall–Kier alpha value is -0.900. The molecular weight excluding hydrogens is 223 g/mol. The predicted molar refractivity (Wildman–Crippen MR) is 69.6 cm³/mol. The second-order valence-electron chi connectivity index (χ2n) is 4.74. The molecule has 2 rings (SSSR count). The number of halogens is 1. The van der Waals surface area contributed by atoms with Crippen molar-refractivity contribution in [1.82, 2.24) is 0 Å². The lowest BCUT2D eigenvalue weighted by atomic mass is 10.1. The highest BCUT2D eigenvalue weighted by Gasteiger charge is 2.28. The fourth-order valence-corrected chi connectivity index (χ4v) is 3.11. The van der Waals surface area contributed by atoms with Gasteiger partial charge in [0.25, 0.3) is 0 Å². The van der Waals surface area contributed by atoms with Crippen LogP contribution in [0.25, 0.3) is 0 Å². The maximum Gasteiger partial charge on any atom is 0.148 e. The lowest BCUT2D eigenvalue weighted by molar-refractivity contribution is 0.598. The van der Waals surface area contributed by atoms with Crippen molar-refractivity contribution in [3.8, 4) is 0 Å². The summed E-state index contributed by atoms with van der Waals surface area (Å²) >= 11 is 1.94. The quantitative estimate of drug-likeness (QED) is 0.765. The number of hydrogen-bond donors (Lipinski definition) is 1. The molecule has 0 radical (unpaired) electrons. The van der Waals surface area contributed by atoms with E-state index in [-0.39, 0.29) is 10.6 Å². The lowest BCUT2D eigenvalue weighted by Gasteiger charge is -2.39. The molecule has 0 saturated carbocycles. The zero-order chi connectivity index (χ0) is 11.8. The summed E-state index contributed by atoms with van der Waals surface area (Å²) in [7, 11) is 0. The SMILES string of the molecule is CC1(C)CN(c2ccc(N)cc2F)CCS1. The molecule has 1 aromatic carbocycles. The molecule has 1 aliphatic rings. The van der Waals surface area contributed by atoms with E-state index in [0.29, 0.717) is 11.4 Å². The van der Waals surface area contributed by atoms with Gasteiger partial charge in [0.1, 0.15) is 5.82 Å². The van der Waals surface area contributed by atoms with E-state index in [4.69, 9.17) is 5.73 Å². The minimum absolute atomic E-state index is 0.187. The minimum Gasteiger partial charge on any atom is -0.399 e. The van der Waals surface area contributed by atoms with Crippen LogP contribution in [0.2, 0.25) is 0 Å². The Morgan fingerprint density at radius 3 is 2.81 bits per heavy atom. The topological polar surface area (TPSA) is 29.3 Å². The molecule has 1 fully saturated rings. The van der Waals surface area contributed by atoms with Crippen molar-refractivity contribution in [2.24, 2.45) is 0 Å². The minimum atomic E-state index is -0.220. The lowest BCUT2D eigenvalue weighted by Crippen LogP contribution is -2.43. The molecule has 0 spiro atoms. The van der Waals surface area contributed by atoms with Crippen molar-refractivity contribution in [1.29, 1.82) is 0 Å². The van der Waals surface area contributed by atoms with Crippen LogP contribution in [0.3, 0.4) is 0 Å². The summed E-state index contributed by atoms with van der Waals surface area (Å²) in [5.41, 5.74) is 6.70. The Balaban J connectivity index is 2.23. The Bertz CT molecular complexity index is 393. The van der Waals surface area contributed by atoms with Crippen LogP contribution in [0.4, 0.5) is 15.8 Å². The van der Waals surface area contributed by atoms with E-state index in [1.165, 1.54) is 6.07 Å². The van der Waals surface area contributed by atoms with Gasteiger partial charge in [0, 0.05) is 29.3 Å². The molecule has 0 unspecified atom stereocenters. The van der Waals surface area contributed by atoms with Crippen LogP contribution in [-0.2, 0) is 0 Å². The number of nitrogens with two attached hydrogens (primary N) is 1. The fraction of sp³-hybridized carbons (Fsp3) is 0.500. The summed E-state index contributed by atoms with van der Waals surface area (Å²) in [4.78, 5) is 2.10. The molecule has 0 aromatic heterocycles. The Labute approximate surface area is 100 Å². The monoisotopic (exact) mass is 240 g/mol. The molecule has 1 aliphatic heterocycles. The first-order chi connectivity index (χ1) is 7.48. The molecule has 2 nitrogen and oxygen atoms in total. The van der Waals surface area contributed by atoms with E-state index in [9.17, 15) is 4.39 Å². The zero-order valence-electron chi connectivity index (χ0n) is 9.66. The predicted octanol–water partition coefficient (Wildman–Crippen LogP) is 2.74. The molecule has 0 aliphatic carbocycles. The molecule has 1 heterocycles. The fourth-order valence-electron chi connectivity index (χ4n) is 2.00. The summed E-state index contributed by atoms with van der Waals surface area (Å²) < 4.78 is 13.9. The Morgan fingerprint density at radius 2 is 2.19 bits per heavy atom. The molecule has 1 aromatic rings. The summed E-state index contributed by atoms with van der Waals surface area (Å²) in [5.74, 6) is 0.819. The number of thioether (sulfide) groups is 1. The Kier molecular flexibility index (Phi) is 3.02. The maximum absolute atomic E-state index is 13.8. The van der Waals surface area contributed by atoms with E-state index in [2.05, 4.69) is 18.7 Å². The van der Waals surface area contributed by atoms with Crippen molar-refractivity contribution >= 4 is 23.1 Å². The van der Waals surface area contributed by atoms with Gasteiger partial charge in [-0.3, -0.25) is 0 Å². The van der Waals surface area contributed by atoms with E-state index in [1.54, 1.807) is 12.1 Å². The van der Waals surface area contributed by atoms with Gasteiger partial charge in [-0.15, -0.1) is 0 Å². The van der Waals surface area contributed by atoms with Gasteiger partial charge in [0.2, 0.25) is 0 Å². The van der Waals surface area contributed by atoms with Crippen molar-refractivity contribution in [3.05, 3.63) is 24.0 Å². The highest BCUT2D eigenvalue weighted by atomic mass is 32.2. The van der Waals surface area contributed by atoms with Gasteiger partial charge in [-0.2, -0.15) is 11.8 Å². The van der Waals surface area contributed by atoms with Crippen LogP contribution < -0.4 is 10.6 Å².